The molecule has 0 bridgehead atoms. The van der Waals surface area contributed by atoms with Crippen molar-refractivity contribution in [3.8, 4) is 0 Å². The summed E-state index contributed by atoms with van der Waals surface area (Å²) in [5.74, 6) is -4.20. The molecule has 2 N–H and O–H groups in total. The van der Waals surface area contributed by atoms with E-state index in [-0.39, 0.29) is 22.2 Å². The zero-order valence-corrected chi connectivity index (χ0v) is 16.4. The number of rotatable bonds is 7. The van der Waals surface area contributed by atoms with Gasteiger partial charge in [0, 0.05) is 6.07 Å². The molecular weight excluding hydrogens is 406 g/mol. The number of benzene rings is 2. The summed E-state index contributed by atoms with van der Waals surface area (Å²) in [5.41, 5.74) is -0.189. The third-order valence-corrected chi connectivity index (χ3v) is 4.20. The first-order valence-electron chi connectivity index (χ1n) is 8.66. The Kier molecular flexibility index (Phi) is 7.67. The molecule has 29 heavy (non-hydrogen) atoms. The van der Waals surface area contributed by atoms with E-state index in [1.54, 1.807) is 26.0 Å². The van der Waals surface area contributed by atoms with Crippen molar-refractivity contribution in [2.45, 2.75) is 19.9 Å². The zero-order valence-electron chi connectivity index (χ0n) is 15.7. The van der Waals surface area contributed by atoms with Crippen LogP contribution in [-0.4, -0.2) is 30.4 Å². The molecule has 0 spiro atoms. The van der Waals surface area contributed by atoms with Gasteiger partial charge in [-0.2, -0.15) is 0 Å². The number of hydrogen-bond donors (Lipinski definition) is 2. The van der Waals surface area contributed by atoms with E-state index in [4.69, 9.17) is 16.3 Å². The highest BCUT2D eigenvalue weighted by Gasteiger charge is 2.27. The number of anilines is 1. The second kappa shape index (κ2) is 9.97. The van der Waals surface area contributed by atoms with Crippen molar-refractivity contribution in [1.82, 2.24) is 5.32 Å². The lowest BCUT2D eigenvalue weighted by Crippen LogP contribution is -2.46. The first-order valence-corrected chi connectivity index (χ1v) is 9.03. The Balaban J connectivity index is 1.97. The molecule has 0 aromatic heterocycles. The second-order valence-corrected chi connectivity index (χ2v) is 6.86. The van der Waals surface area contributed by atoms with E-state index in [0.29, 0.717) is 0 Å². The Bertz CT molecular complexity index is 921. The topological polar surface area (TPSA) is 84.5 Å². The Labute approximate surface area is 171 Å². The first kappa shape index (κ1) is 22.3. The molecule has 1 atom stereocenters. The second-order valence-electron chi connectivity index (χ2n) is 6.46. The van der Waals surface area contributed by atoms with Crippen molar-refractivity contribution in [3.05, 3.63) is 64.7 Å². The smallest absolute Gasteiger partial charge is 0.329 e. The molecule has 0 saturated carbocycles. The molecule has 0 aliphatic heterocycles. The highest BCUT2D eigenvalue weighted by molar-refractivity contribution is 6.33. The normalized spacial score (nSPS) is 11.7. The molecule has 0 heterocycles. The molecular formula is C20H19ClF2N2O4. The fraction of sp³-hybridized carbons (Fsp3) is 0.250. The number of amides is 2. The number of ether oxygens (including phenoxy) is 1. The summed E-state index contributed by atoms with van der Waals surface area (Å²) in [6.07, 6.45) is 0. The van der Waals surface area contributed by atoms with Gasteiger partial charge in [-0.25, -0.2) is 13.6 Å². The largest absolute Gasteiger partial charge is 0.454 e. The molecule has 9 heteroatoms. The van der Waals surface area contributed by atoms with Gasteiger partial charge >= 0.3 is 5.97 Å². The van der Waals surface area contributed by atoms with Crippen molar-refractivity contribution < 1.29 is 27.9 Å². The average molecular weight is 425 g/mol. The predicted molar refractivity (Wildman–Crippen MR) is 103 cm³/mol. The van der Waals surface area contributed by atoms with Crippen LogP contribution in [0.15, 0.2) is 42.5 Å². The van der Waals surface area contributed by atoms with E-state index in [1.165, 1.54) is 12.1 Å². The highest BCUT2D eigenvalue weighted by atomic mass is 35.5. The molecule has 154 valence electrons. The van der Waals surface area contributed by atoms with Crippen molar-refractivity contribution in [2.75, 3.05) is 11.9 Å². The fourth-order valence-corrected chi connectivity index (χ4v) is 2.59. The van der Waals surface area contributed by atoms with Gasteiger partial charge in [-0.15, -0.1) is 0 Å². The summed E-state index contributed by atoms with van der Waals surface area (Å²) < 4.78 is 31.6. The lowest BCUT2D eigenvalue weighted by Gasteiger charge is -2.21. The molecule has 0 aliphatic carbocycles. The molecule has 2 aromatic rings. The summed E-state index contributed by atoms with van der Waals surface area (Å²) in [7, 11) is 0. The number of hydrogen-bond acceptors (Lipinski definition) is 4. The predicted octanol–water partition coefficient (Wildman–Crippen LogP) is 3.55. The molecule has 0 fully saturated rings. The van der Waals surface area contributed by atoms with E-state index < -0.39 is 42.1 Å². The molecule has 0 radical (unpaired) electrons. The van der Waals surface area contributed by atoms with Gasteiger partial charge in [0.25, 0.3) is 11.8 Å². The molecule has 0 aliphatic rings. The monoisotopic (exact) mass is 424 g/mol. The van der Waals surface area contributed by atoms with Crippen LogP contribution in [0.4, 0.5) is 14.5 Å². The molecule has 2 aromatic carbocycles. The van der Waals surface area contributed by atoms with Crippen LogP contribution in [-0.2, 0) is 14.3 Å². The summed E-state index contributed by atoms with van der Waals surface area (Å²) in [5, 5.41) is 4.86. The van der Waals surface area contributed by atoms with Crippen LogP contribution in [0.1, 0.15) is 24.2 Å². The minimum atomic E-state index is -1.04. The zero-order chi connectivity index (χ0) is 21.6. The Morgan fingerprint density at radius 2 is 1.79 bits per heavy atom. The lowest BCUT2D eigenvalue weighted by molar-refractivity contribution is -0.150. The van der Waals surface area contributed by atoms with Crippen LogP contribution in [0.25, 0.3) is 0 Å². The number of nitrogens with one attached hydrogen (secondary N) is 2. The maximum absolute atomic E-state index is 13.6. The minimum Gasteiger partial charge on any atom is -0.454 e. The van der Waals surface area contributed by atoms with Gasteiger partial charge < -0.3 is 15.4 Å². The van der Waals surface area contributed by atoms with Crippen LogP contribution in [0.3, 0.4) is 0 Å². The number of carbonyl (C=O) groups is 3. The van der Waals surface area contributed by atoms with Gasteiger partial charge in [-0.3, -0.25) is 9.59 Å². The Hall–Kier alpha value is -3.00. The van der Waals surface area contributed by atoms with Gasteiger partial charge in [0.1, 0.15) is 17.7 Å². The fourth-order valence-electron chi connectivity index (χ4n) is 2.37. The third-order valence-electron chi connectivity index (χ3n) is 3.87. The van der Waals surface area contributed by atoms with Crippen LogP contribution in [0.5, 0.6) is 0 Å². The minimum absolute atomic E-state index is 0.187. The Morgan fingerprint density at radius 3 is 2.45 bits per heavy atom. The SMILES string of the molecule is CC(C)[C@H](NC(=O)c1ccccc1Cl)C(=O)OCC(=O)Nc1cc(F)ccc1F. The van der Waals surface area contributed by atoms with Crippen LogP contribution in [0.2, 0.25) is 5.02 Å². The summed E-state index contributed by atoms with van der Waals surface area (Å²) >= 11 is 5.98. The van der Waals surface area contributed by atoms with Gasteiger partial charge in [-0.1, -0.05) is 37.6 Å². The average Bonchev–Trinajstić information content (AvgIpc) is 2.67. The van der Waals surface area contributed by atoms with Gasteiger partial charge in [-0.05, 0) is 30.2 Å². The molecule has 6 nitrogen and oxygen atoms in total. The molecule has 2 amide bonds. The lowest BCUT2D eigenvalue weighted by atomic mass is 10.0. The van der Waals surface area contributed by atoms with Crippen molar-refractivity contribution >= 4 is 35.1 Å². The number of carbonyl (C=O) groups excluding carboxylic acids is 3. The first-order chi connectivity index (χ1) is 13.7. The third kappa shape index (κ3) is 6.25. The van der Waals surface area contributed by atoms with Crippen LogP contribution >= 0.6 is 11.6 Å². The highest BCUT2D eigenvalue weighted by Crippen LogP contribution is 2.17. The quantitative estimate of drug-likeness (QED) is 0.666. The van der Waals surface area contributed by atoms with Gasteiger partial charge in [0.2, 0.25) is 0 Å². The van der Waals surface area contributed by atoms with E-state index in [1.807, 2.05) is 0 Å². The summed E-state index contributed by atoms with van der Waals surface area (Å²) in [4.78, 5) is 36.6. The summed E-state index contributed by atoms with van der Waals surface area (Å²) in [6, 6.07) is 7.84. The van der Waals surface area contributed by atoms with Gasteiger partial charge in [0.05, 0.1) is 16.3 Å². The van der Waals surface area contributed by atoms with E-state index in [0.717, 1.165) is 18.2 Å². The standard InChI is InChI=1S/C20H19ClF2N2O4/c1-11(2)18(25-19(27)13-5-3-4-6-14(13)21)20(28)29-10-17(26)24-16-9-12(22)7-8-15(16)23/h3-9,11,18H,10H2,1-2H3,(H,24,26)(H,25,27)/t18-/m0/s1. The van der Waals surface area contributed by atoms with Crippen molar-refractivity contribution in [2.24, 2.45) is 5.92 Å². The Morgan fingerprint density at radius 1 is 1.10 bits per heavy atom. The van der Waals surface area contributed by atoms with E-state index in [2.05, 4.69) is 10.6 Å². The van der Waals surface area contributed by atoms with Crippen molar-refractivity contribution in [1.29, 1.82) is 0 Å². The summed E-state index contributed by atoms with van der Waals surface area (Å²) in [6.45, 7) is 2.63. The van der Waals surface area contributed by atoms with Crippen LogP contribution in [0, 0.1) is 17.6 Å². The maximum atomic E-state index is 13.6. The number of halogens is 3. The van der Waals surface area contributed by atoms with E-state index >= 15 is 0 Å². The molecule has 2 rings (SSSR count). The maximum Gasteiger partial charge on any atom is 0.329 e. The molecule has 0 unspecified atom stereocenters. The van der Waals surface area contributed by atoms with Crippen LogP contribution < -0.4 is 10.6 Å². The number of esters is 1. The van der Waals surface area contributed by atoms with Gasteiger partial charge in [0.15, 0.2) is 6.61 Å². The van der Waals surface area contributed by atoms with E-state index in [9.17, 15) is 23.2 Å². The van der Waals surface area contributed by atoms with Crippen molar-refractivity contribution in [3.63, 3.8) is 0 Å². The molecule has 0 saturated heterocycles.